The van der Waals surface area contributed by atoms with Gasteiger partial charge in [0.2, 0.25) is 6.10 Å². The van der Waals surface area contributed by atoms with E-state index in [2.05, 4.69) is 17.0 Å². The van der Waals surface area contributed by atoms with Crippen molar-refractivity contribution in [2.45, 2.75) is 25.7 Å². The first-order valence-corrected chi connectivity index (χ1v) is 8.43. The van der Waals surface area contributed by atoms with Crippen LogP contribution in [0.4, 0.5) is 0 Å². The van der Waals surface area contributed by atoms with Crippen molar-refractivity contribution in [1.82, 2.24) is 4.90 Å². The zero-order chi connectivity index (χ0) is 17.6. The van der Waals surface area contributed by atoms with Gasteiger partial charge in [0.15, 0.2) is 11.5 Å². The Morgan fingerprint density at radius 2 is 1.84 bits per heavy atom. The summed E-state index contributed by atoms with van der Waals surface area (Å²) in [5, 5.41) is 0. The lowest BCUT2D eigenvalue weighted by Gasteiger charge is -2.27. The van der Waals surface area contributed by atoms with Crippen LogP contribution in [0.1, 0.15) is 12.5 Å². The molecule has 0 radical (unpaired) electrons. The average molecular weight is 341 g/mol. The van der Waals surface area contributed by atoms with Crippen LogP contribution in [0, 0.1) is 0 Å². The molecule has 2 aromatic rings. The molecule has 1 aliphatic rings. The van der Waals surface area contributed by atoms with Crippen LogP contribution in [0.15, 0.2) is 54.6 Å². The van der Waals surface area contributed by atoms with E-state index in [0.29, 0.717) is 18.0 Å². The fraction of sp³-hybridized carbons (Fsp3) is 0.350. The van der Waals surface area contributed by atoms with Crippen LogP contribution >= 0.6 is 0 Å². The van der Waals surface area contributed by atoms with Gasteiger partial charge >= 0.3 is 5.97 Å². The Morgan fingerprint density at radius 1 is 1.16 bits per heavy atom. The Labute approximate surface area is 148 Å². The van der Waals surface area contributed by atoms with E-state index in [1.807, 2.05) is 50.4 Å². The van der Waals surface area contributed by atoms with E-state index in [1.54, 1.807) is 6.07 Å². The SMILES string of the molecule is C[C@@H](CN(C)Cc1ccccc1)OC(=O)[C@H]1COc2ccccc2O1. The number of fused-ring (bicyclic) bond motifs is 1. The van der Waals surface area contributed by atoms with E-state index in [9.17, 15) is 4.79 Å². The van der Waals surface area contributed by atoms with E-state index in [4.69, 9.17) is 14.2 Å². The molecule has 0 aliphatic carbocycles. The fourth-order valence-corrected chi connectivity index (χ4v) is 2.85. The molecular weight excluding hydrogens is 318 g/mol. The Bertz CT molecular complexity index is 704. The molecule has 0 amide bonds. The lowest BCUT2D eigenvalue weighted by molar-refractivity contribution is -0.159. The van der Waals surface area contributed by atoms with Gasteiger partial charge in [-0.3, -0.25) is 4.90 Å². The van der Waals surface area contributed by atoms with Gasteiger partial charge in [-0.15, -0.1) is 0 Å². The van der Waals surface area contributed by atoms with Gasteiger partial charge in [-0.05, 0) is 31.7 Å². The fourth-order valence-electron chi connectivity index (χ4n) is 2.85. The van der Waals surface area contributed by atoms with E-state index < -0.39 is 12.1 Å². The standard InChI is InChI=1S/C20H23NO4/c1-15(12-21(2)13-16-8-4-3-5-9-16)24-20(22)19-14-23-17-10-6-7-11-18(17)25-19/h3-11,15,19H,12-14H2,1-2H3/t15-,19+/m0/s1. The number of carbonyl (C=O) groups excluding carboxylic acids is 1. The molecule has 3 rings (SSSR count). The molecule has 132 valence electrons. The predicted molar refractivity (Wildman–Crippen MR) is 94.7 cm³/mol. The number of hydrogen-bond donors (Lipinski definition) is 0. The van der Waals surface area contributed by atoms with Crippen molar-refractivity contribution in [2.75, 3.05) is 20.2 Å². The zero-order valence-electron chi connectivity index (χ0n) is 14.6. The monoisotopic (exact) mass is 341 g/mol. The molecule has 0 unspecified atom stereocenters. The van der Waals surface area contributed by atoms with Gasteiger partial charge in [0.25, 0.3) is 0 Å². The minimum absolute atomic E-state index is 0.169. The first kappa shape index (κ1) is 17.3. The van der Waals surface area contributed by atoms with Gasteiger partial charge in [-0.1, -0.05) is 42.5 Å². The van der Waals surface area contributed by atoms with Crippen LogP contribution in [0.2, 0.25) is 0 Å². The summed E-state index contributed by atoms with van der Waals surface area (Å²) in [5.41, 5.74) is 1.23. The Balaban J connectivity index is 1.48. The van der Waals surface area contributed by atoms with Crippen LogP contribution < -0.4 is 9.47 Å². The number of benzene rings is 2. The number of carbonyl (C=O) groups is 1. The maximum absolute atomic E-state index is 12.3. The van der Waals surface area contributed by atoms with Gasteiger partial charge < -0.3 is 14.2 Å². The zero-order valence-corrected chi connectivity index (χ0v) is 14.6. The molecule has 0 saturated heterocycles. The van der Waals surface area contributed by atoms with Crippen LogP contribution in [0.25, 0.3) is 0 Å². The molecule has 0 fully saturated rings. The van der Waals surface area contributed by atoms with Crippen molar-refractivity contribution in [3.05, 3.63) is 60.2 Å². The summed E-state index contributed by atoms with van der Waals surface area (Å²) >= 11 is 0. The molecular formula is C20H23NO4. The lowest BCUT2D eigenvalue weighted by Crippen LogP contribution is -2.41. The Morgan fingerprint density at radius 3 is 2.60 bits per heavy atom. The molecule has 0 saturated carbocycles. The molecule has 2 aromatic carbocycles. The normalized spacial score (nSPS) is 17.2. The summed E-state index contributed by atoms with van der Waals surface area (Å²) in [7, 11) is 2.01. The first-order chi connectivity index (χ1) is 12.1. The number of para-hydroxylation sites is 2. The highest BCUT2D eigenvalue weighted by Gasteiger charge is 2.29. The third kappa shape index (κ3) is 4.73. The first-order valence-electron chi connectivity index (χ1n) is 8.43. The number of esters is 1. The molecule has 0 N–H and O–H groups in total. The summed E-state index contributed by atoms with van der Waals surface area (Å²) in [5.74, 6) is 0.835. The summed E-state index contributed by atoms with van der Waals surface area (Å²) < 4.78 is 16.8. The highest BCUT2D eigenvalue weighted by molar-refractivity contribution is 5.76. The lowest BCUT2D eigenvalue weighted by atomic mass is 10.2. The largest absolute Gasteiger partial charge is 0.485 e. The average Bonchev–Trinajstić information content (AvgIpc) is 2.61. The van der Waals surface area contributed by atoms with Gasteiger partial charge in [0.05, 0.1) is 0 Å². The van der Waals surface area contributed by atoms with E-state index in [1.165, 1.54) is 5.56 Å². The number of nitrogens with zero attached hydrogens (tertiary/aromatic N) is 1. The van der Waals surface area contributed by atoms with Crippen molar-refractivity contribution in [2.24, 2.45) is 0 Å². The second-order valence-electron chi connectivity index (χ2n) is 6.29. The van der Waals surface area contributed by atoms with Crippen LogP contribution in [-0.2, 0) is 16.1 Å². The third-order valence-electron chi connectivity index (χ3n) is 3.95. The van der Waals surface area contributed by atoms with E-state index in [0.717, 1.165) is 6.54 Å². The summed E-state index contributed by atoms with van der Waals surface area (Å²) in [6, 6.07) is 17.5. The molecule has 25 heavy (non-hydrogen) atoms. The highest BCUT2D eigenvalue weighted by atomic mass is 16.6. The number of ether oxygens (including phenoxy) is 3. The number of rotatable bonds is 6. The second-order valence-corrected chi connectivity index (χ2v) is 6.29. The van der Waals surface area contributed by atoms with Crippen LogP contribution in [0.5, 0.6) is 11.5 Å². The van der Waals surface area contributed by atoms with Crippen molar-refractivity contribution in [3.63, 3.8) is 0 Å². The van der Waals surface area contributed by atoms with Crippen molar-refractivity contribution in [1.29, 1.82) is 0 Å². The van der Waals surface area contributed by atoms with Gasteiger partial charge in [0, 0.05) is 13.1 Å². The molecule has 5 heteroatoms. The number of hydrogen-bond acceptors (Lipinski definition) is 5. The summed E-state index contributed by atoms with van der Waals surface area (Å²) in [6.45, 7) is 3.50. The van der Waals surface area contributed by atoms with Crippen LogP contribution in [-0.4, -0.2) is 43.3 Å². The summed E-state index contributed by atoms with van der Waals surface area (Å²) in [4.78, 5) is 14.4. The highest BCUT2D eigenvalue weighted by Crippen LogP contribution is 2.31. The molecule has 1 heterocycles. The smallest absolute Gasteiger partial charge is 0.351 e. The molecule has 0 spiro atoms. The molecule has 0 bridgehead atoms. The second kappa shape index (κ2) is 8.03. The molecule has 2 atom stereocenters. The molecule has 0 aromatic heterocycles. The molecule has 5 nitrogen and oxygen atoms in total. The topological polar surface area (TPSA) is 48.0 Å². The Hall–Kier alpha value is -2.53. The van der Waals surface area contributed by atoms with Gasteiger partial charge in [0.1, 0.15) is 12.7 Å². The quantitative estimate of drug-likeness (QED) is 0.756. The molecule has 1 aliphatic heterocycles. The Kier molecular flexibility index (Phi) is 5.56. The van der Waals surface area contributed by atoms with Crippen molar-refractivity contribution >= 4 is 5.97 Å². The minimum Gasteiger partial charge on any atom is -0.485 e. The summed E-state index contributed by atoms with van der Waals surface area (Å²) in [6.07, 6.45) is -0.959. The maximum atomic E-state index is 12.3. The maximum Gasteiger partial charge on any atom is 0.351 e. The minimum atomic E-state index is -0.725. The van der Waals surface area contributed by atoms with E-state index in [-0.39, 0.29) is 12.7 Å². The third-order valence-corrected chi connectivity index (χ3v) is 3.95. The van der Waals surface area contributed by atoms with Crippen molar-refractivity contribution in [3.8, 4) is 11.5 Å². The van der Waals surface area contributed by atoms with Crippen LogP contribution in [0.3, 0.4) is 0 Å². The van der Waals surface area contributed by atoms with Gasteiger partial charge in [-0.25, -0.2) is 4.79 Å². The number of likely N-dealkylation sites (N-methyl/N-ethyl adjacent to an activating group) is 1. The predicted octanol–water partition coefficient (Wildman–Crippen LogP) is 2.89. The van der Waals surface area contributed by atoms with E-state index >= 15 is 0 Å². The van der Waals surface area contributed by atoms with Crippen molar-refractivity contribution < 1.29 is 19.0 Å². The van der Waals surface area contributed by atoms with Gasteiger partial charge in [-0.2, -0.15) is 0 Å².